The SMILES string of the molecule is FC1(F)Oc2ccc(NCC3CCC(C4=C5c6cc[nH]c6N=CN5NN4)CC3)cc2O1. The molecule has 6 rings (SSSR count). The number of alkyl halides is 2. The molecule has 0 spiro atoms. The van der Waals surface area contributed by atoms with E-state index in [2.05, 4.69) is 41.8 Å². The number of nitrogens with zero attached hydrogens (tertiary/aromatic N) is 2. The molecule has 2 aromatic rings. The number of hydrazine groups is 2. The number of aliphatic imine (C=N–C) groups is 1. The Labute approximate surface area is 177 Å². The number of aromatic nitrogens is 1. The van der Waals surface area contributed by atoms with Gasteiger partial charge in [0.2, 0.25) is 0 Å². The number of rotatable bonds is 4. The molecular formula is C21H22F2N6O2. The van der Waals surface area contributed by atoms with Crippen LogP contribution in [0.4, 0.5) is 20.3 Å². The summed E-state index contributed by atoms with van der Waals surface area (Å²) in [5.41, 5.74) is 10.7. The fourth-order valence-electron chi connectivity index (χ4n) is 4.77. The van der Waals surface area contributed by atoms with Gasteiger partial charge in [0.15, 0.2) is 11.5 Å². The van der Waals surface area contributed by atoms with E-state index in [0.29, 0.717) is 11.8 Å². The number of hydrogen-bond donors (Lipinski definition) is 4. The van der Waals surface area contributed by atoms with Crippen LogP contribution in [0.25, 0.3) is 5.70 Å². The maximum Gasteiger partial charge on any atom is 0.586 e. The first-order valence-electron chi connectivity index (χ1n) is 10.5. The van der Waals surface area contributed by atoms with Crippen molar-refractivity contribution in [1.82, 2.24) is 21.0 Å². The predicted molar refractivity (Wildman–Crippen MR) is 111 cm³/mol. The van der Waals surface area contributed by atoms with Gasteiger partial charge in [-0.05, 0) is 49.8 Å². The van der Waals surface area contributed by atoms with Crippen LogP contribution in [0.5, 0.6) is 11.5 Å². The van der Waals surface area contributed by atoms with E-state index in [-0.39, 0.29) is 11.5 Å². The summed E-state index contributed by atoms with van der Waals surface area (Å²) in [6.45, 7) is 0.793. The summed E-state index contributed by atoms with van der Waals surface area (Å²) in [6, 6.07) is 6.87. The molecule has 31 heavy (non-hydrogen) atoms. The van der Waals surface area contributed by atoms with E-state index in [1.165, 1.54) is 11.8 Å². The van der Waals surface area contributed by atoms with Crippen LogP contribution in [0.1, 0.15) is 31.2 Å². The number of nitrogens with one attached hydrogen (secondary N) is 4. The molecule has 0 radical (unpaired) electrons. The highest BCUT2D eigenvalue weighted by Crippen LogP contribution is 2.43. The van der Waals surface area contributed by atoms with Crippen molar-refractivity contribution in [2.75, 3.05) is 11.9 Å². The van der Waals surface area contributed by atoms with Crippen LogP contribution < -0.4 is 25.8 Å². The molecule has 0 atom stereocenters. The van der Waals surface area contributed by atoms with E-state index in [1.807, 2.05) is 11.2 Å². The molecule has 1 aromatic carbocycles. The molecule has 4 N–H and O–H groups in total. The Morgan fingerprint density at radius 3 is 2.84 bits per heavy atom. The third-order valence-electron chi connectivity index (χ3n) is 6.34. The summed E-state index contributed by atoms with van der Waals surface area (Å²) in [4.78, 5) is 7.58. The lowest BCUT2D eigenvalue weighted by Crippen LogP contribution is -2.38. The number of benzene rings is 1. The van der Waals surface area contributed by atoms with E-state index >= 15 is 0 Å². The Bertz CT molecular complexity index is 1070. The molecule has 0 saturated heterocycles. The van der Waals surface area contributed by atoms with Crippen molar-refractivity contribution in [2.24, 2.45) is 16.8 Å². The van der Waals surface area contributed by atoms with Crippen molar-refractivity contribution in [1.29, 1.82) is 0 Å². The van der Waals surface area contributed by atoms with Gasteiger partial charge in [0.1, 0.15) is 12.2 Å². The van der Waals surface area contributed by atoms with E-state index in [9.17, 15) is 8.78 Å². The zero-order valence-electron chi connectivity index (χ0n) is 16.6. The Morgan fingerprint density at radius 1 is 1.13 bits per heavy atom. The highest BCUT2D eigenvalue weighted by atomic mass is 19.3. The summed E-state index contributed by atoms with van der Waals surface area (Å²) in [6.07, 6.45) is 4.45. The van der Waals surface area contributed by atoms with Crippen LogP contribution in [0.15, 0.2) is 41.2 Å². The van der Waals surface area contributed by atoms with Crippen LogP contribution in [0.3, 0.4) is 0 Å². The number of allylic oxidation sites excluding steroid dienone is 1. The zero-order valence-corrected chi connectivity index (χ0v) is 16.6. The largest absolute Gasteiger partial charge is 0.586 e. The number of aromatic amines is 1. The van der Waals surface area contributed by atoms with Crippen molar-refractivity contribution in [3.63, 3.8) is 0 Å². The standard InChI is InChI=1S/C21H22F2N6O2/c22-21(23)30-16-6-5-14(9-17(16)31-21)25-10-12-1-3-13(4-2-12)18-19-15-7-8-24-20(15)26-11-29(19)28-27-18/h5-9,11-13,24-25,27-28H,1-4,10H2. The molecule has 1 aromatic heterocycles. The lowest BCUT2D eigenvalue weighted by Gasteiger charge is -2.30. The second-order valence-corrected chi connectivity index (χ2v) is 8.28. The Kier molecular flexibility index (Phi) is 4.10. The van der Waals surface area contributed by atoms with Gasteiger partial charge in [0, 0.05) is 36.0 Å². The summed E-state index contributed by atoms with van der Waals surface area (Å²) in [7, 11) is 0. The average molecular weight is 428 g/mol. The minimum absolute atomic E-state index is 0.0654. The molecule has 1 saturated carbocycles. The lowest BCUT2D eigenvalue weighted by atomic mass is 9.79. The van der Waals surface area contributed by atoms with E-state index in [4.69, 9.17) is 0 Å². The van der Waals surface area contributed by atoms with Gasteiger partial charge < -0.3 is 25.2 Å². The number of hydrogen-bond acceptors (Lipinski definition) is 7. The molecule has 10 heteroatoms. The van der Waals surface area contributed by atoms with E-state index in [0.717, 1.165) is 55.0 Å². The molecule has 0 amide bonds. The summed E-state index contributed by atoms with van der Waals surface area (Å²) < 4.78 is 35.4. The second-order valence-electron chi connectivity index (χ2n) is 8.28. The first-order valence-corrected chi connectivity index (χ1v) is 10.5. The molecule has 1 aliphatic carbocycles. The first-order chi connectivity index (χ1) is 15.1. The quantitative estimate of drug-likeness (QED) is 0.591. The Balaban J connectivity index is 1.08. The number of H-pyrrole nitrogens is 1. The molecule has 1 fully saturated rings. The number of ether oxygens (including phenoxy) is 2. The van der Waals surface area contributed by atoms with Gasteiger partial charge in [-0.1, -0.05) is 0 Å². The zero-order chi connectivity index (χ0) is 21.0. The topological polar surface area (TPSA) is 85.9 Å². The molecule has 0 bridgehead atoms. The molecule has 8 nitrogen and oxygen atoms in total. The lowest BCUT2D eigenvalue weighted by molar-refractivity contribution is -0.286. The third kappa shape index (κ3) is 3.27. The second kappa shape index (κ2) is 6.88. The average Bonchev–Trinajstić information content (AvgIpc) is 3.46. The fourth-order valence-corrected chi connectivity index (χ4v) is 4.77. The summed E-state index contributed by atoms with van der Waals surface area (Å²) in [5, 5.41) is 5.29. The van der Waals surface area contributed by atoms with Gasteiger partial charge in [0.05, 0.1) is 11.4 Å². The van der Waals surface area contributed by atoms with E-state index < -0.39 is 6.29 Å². The third-order valence-corrected chi connectivity index (χ3v) is 6.34. The monoisotopic (exact) mass is 428 g/mol. The number of anilines is 1. The minimum atomic E-state index is -3.58. The normalized spacial score (nSPS) is 25.3. The van der Waals surface area contributed by atoms with E-state index in [1.54, 1.807) is 18.5 Å². The molecule has 162 valence electrons. The highest BCUT2D eigenvalue weighted by Gasteiger charge is 2.43. The first kappa shape index (κ1) is 18.5. The maximum absolute atomic E-state index is 13.2. The highest BCUT2D eigenvalue weighted by molar-refractivity contribution is 5.87. The molecule has 4 heterocycles. The smallest absolute Gasteiger partial charge is 0.395 e. The Morgan fingerprint density at radius 2 is 1.97 bits per heavy atom. The van der Waals surface area contributed by atoms with Gasteiger partial charge in [0.25, 0.3) is 0 Å². The summed E-state index contributed by atoms with van der Waals surface area (Å²) >= 11 is 0. The molecular weight excluding hydrogens is 406 g/mol. The predicted octanol–water partition coefficient (Wildman–Crippen LogP) is 3.92. The van der Waals surface area contributed by atoms with Crippen LogP contribution in [0, 0.1) is 11.8 Å². The van der Waals surface area contributed by atoms with Crippen molar-refractivity contribution in [3.05, 3.63) is 41.7 Å². The van der Waals surface area contributed by atoms with Crippen molar-refractivity contribution in [2.45, 2.75) is 32.0 Å². The van der Waals surface area contributed by atoms with Gasteiger partial charge in [-0.15, -0.1) is 14.3 Å². The molecule has 3 aliphatic heterocycles. The van der Waals surface area contributed by atoms with Crippen molar-refractivity contribution < 1.29 is 18.3 Å². The van der Waals surface area contributed by atoms with Gasteiger partial charge in [-0.2, -0.15) is 0 Å². The number of halogens is 2. The molecule has 0 unspecified atom stereocenters. The molecule has 4 aliphatic rings. The van der Waals surface area contributed by atoms with Gasteiger partial charge in [-0.3, -0.25) is 0 Å². The van der Waals surface area contributed by atoms with Crippen LogP contribution >= 0.6 is 0 Å². The van der Waals surface area contributed by atoms with Crippen molar-refractivity contribution >= 4 is 23.5 Å². The van der Waals surface area contributed by atoms with Crippen molar-refractivity contribution in [3.8, 4) is 11.5 Å². The Hall–Kier alpha value is -3.27. The van der Waals surface area contributed by atoms with Gasteiger partial charge in [-0.25, -0.2) is 10.0 Å². The van der Waals surface area contributed by atoms with Crippen LogP contribution in [0.2, 0.25) is 0 Å². The van der Waals surface area contributed by atoms with Gasteiger partial charge >= 0.3 is 6.29 Å². The minimum Gasteiger partial charge on any atom is -0.395 e. The van der Waals surface area contributed by atoms with Crippen LogP contribution in [-0.4, -0.2) is 29.2 Å². The van der Waals surface area contributed by atoms with Crippen LogP contribution in [-0.2, 0) is 0 Å². The fraction of sp³-hybridized carbons (Fsp3) is 0.381. The maximum atomic E-state index is 13.2. The summed E-state index contributed by atoms with van der Waals surface area (Å²) in [5.74, 6) is 1.99. The number of fused-ring (bicyclic) bond motifs is 4.